The van der Waals surface area contributed by atoms with Crippen molar-refractivity contribution in [1.29, 1.82) is 0 Å². The molecule has 1 N–H and O–H groups in total. The third kappa shape index (κ3) is 4.16. The monoisotopic (exact) mass is 433 g/mol. The van der Waals surface area contributed by atoms with Crippen molar-refractivity contribution < 1.29 is 27.4 Å². The zero-order valence-electron chi connectivity index (χ0n) is 17.8. The van der Waals surface area contributed by atoms with E-state index in [1.165, 1.54) is 13.8 Å². The first-order chi connectivity index (χ1) is 14.7. The number of benzene rings is 2. The summed E-state index contributed by atoms with van der Waals surface area (Å²) in [4.78, 5) is 1.76. The average molecular weight is 433 g/mol. The number of para-hydroxylation sites is 1. The minimum absolute atomic E-state index is 0.0149. The number of rotatable bonds is 6. The highest BCUT2D eigenvalue weighted by Crippen LogP contribution is 2.45. The van der Waals surface area contributed by atoms with Crippen LogP contribution in [-0.4, -0.2) is 41.5 Å². The van der Waals surface area contributed by atoms with Crippen molar-refractivity contribution in [2.24, 2.45) is 0 Å². The van der Waals surface area contributed by atoms with Gasteiger partial charge in [-0.05, 0) is 33.3 Å². The van der Waals surface area contributed by atoms with Crippen LogP contribution in [0.2, 0.25) is 0 Å². The number of hydrogen-bond acceptors (Lipinski definition) is 4. The van der Waals surface area contributed by atoms with E-state index >= 15 is 8.78 Å². The van der Waals surface area contributed by atoms with E-state index in [4.69, 9.17) is 14.3 Å². The molecule has 0 radical (unpaired) electrons. The smallest absolute Gasteiger partial charge is 0.135 e. The molecule has 0 aliphatic carbocycles. The molecule has 0 saturated heterocycles. The van der Waals surface area contributed by atoms with Crippen LogP contribution in [0.15, 0.2) is 40.8 Å². The summed E-state index contributed by atoms with van der Waals surface area (Å²) >= 11 is 0. The number of hydrogen-bond donors (Lipinski definition) is 1. The maximum absolute atomic E-state index is 15.3. The quantitative estimate of drug-likeness (QED) is 0.583. The van der Waals surface area contributed by atoms with E-state index in [9.17, 15) is 4.39 Å². The lowest BCUT2D eigenvalue weighted by Gasteiger charge is -2.42. The van der Waals surface area contributed by atoms with E-state index in [2.05, 4.69) is 0 Å². The van der Waals surface area contributed by atoms with Gasteiger partial charge in [-0.3, -0.25) is 4.90 Å². The third-order valence-corrected chi connectivity index (χ3v) is 5.62. The number of alkyl halides is 1. The summed E-state index contributed by atoms with van der Waals surface area (Å²) in [6.45, 7) is 4.46. The highest BCUT2D eigenvalue weighted by Gasteiger charge is 2.42. The number of aliphatic hydroxyl groups excluding tert-OH is 1. The Hall–Kier alpha value is -2.51. The molecule has 7 heteroatoms. The SMILES string of the molecule is CC1Cc2c(oc3ccccc23)C(c2c(F)cc(OCCO)cc2F)N1CC(C)(C)F. The summed E-state index contributed by atoms with van der Waals surface area (Å²) in [5.41, 5.74) is -0.254. The van der Waals surface area contributed by atoms with E-state index in [0.717, 1.165) is 23.1 Å². The van der Waals surface area contributed by atoms with Crippen molar-refractivity contribution in [2.75, 3.05) is 19.8 Å². The Labute approximate surface area is 179 Å². The van der Waals surface area contributed by atoms with E-state index in [1.54, 1.807) is 4.90 Å². The van der Waals surface area contributed by atoms with Gasteiger partial charge < -0.3 is 14.3 Å². The molecule has 2 unspecified atom stereocenters. The normalized spacial score (nSPS) is 19.6. The fourth-order valence-electron chi connectivity index (χ4n) is 4.41. The van der Waals surface area contributed by atoms with Gasteiger partial charge in [-0.1, -0.05) is 18.2 Å². The molecule has 0 spiro atoms. The average Bonchev–Trinajstić information content (AvgIpc) is 3.05. The lowest BCUT2D eigenvalue weighted by Crippen LogP contribution is -2.48. The number of halogens is 3. The van der Waals surface area contributed by atoms with Gasteiger partial charge in [0.25, 0.3) is 0 Å². The molecule has 0 fully saturated rings. The Bertz CT molecular complexity index is 1070. The summed E-state index contributed by atoms with van der Waals surface area (Å²) in [6, 6.07) is 8.57. The van der Waals surface area contributed by atoms with Gasteiger partial charge in [0.05, 0.1) is 6.61 Å². The van der Waals surface area contributed by atoms with E-state index in [0.29, 0.717) is 17.8 Å². The van der Waals surface area contributed by atoms with Crippen molar-refractivity contribution in [3.8, 4) is 5.75 Å². The van der Waals surface area contributed by atoms with Crippen LogP contribution < -0.4 is 4.74 Å². The van der Waals surface area contributed by atoms with Crippen LogP contribution in [-0.2, 0) is 6.42 Å². The van der Waals surface area contributed by atoms with Gasteiger partial charge in [-0.2, -0.15) is 0 Å². The lowest BCUT2D eigenvalue weighted by molar-refractivity contribution is 0.0572. The Balaban J connectivity index is 1.90. The van der Waals surface area contributed by atoms with Crippen molar-refractivity contribution in [3.05, 3.63) is 64.9 Å². The Kier molecular flexibility index (Phi) is 5.75. The number of nitrogens with zero attached hydrogens (tertiary/aromatic N) is 1. The Morgan fingerprint density at radius 1 is 1.19 bits per heavy atom. The van der Waals surface area contributed by atoms with Crippen LogP contribution in [0.4, 0.5) is 13.2 Å². The maximum atomic E-state index is 15.3. The number of fused-ring (bicyclic) bond motifs is 3. The first-order valence-electron chi connectivity index (χ1n) is 10.4. The van der Waals surface area contributed by atoms with Crippen molar-refractivity contribution >= 4 is 11.0 Å². The van der Waals surface area contributed by atoms with Crippen LogP contribution >= 0.6 is 0 Å². The predicted molar refractivity (Wildman–Crippen MR) is 112 cm³/mol. The Morgan fingerprint density at radius 2 is 1.87 bits per heavy atom. The molecule has 1 aromatic heterocycles. The summed E-state index contributed by atoms with van der Waals surface area (Å²) in [5.74, 6) is -1.19. The van der Waals surface area contributed by atoms with Gasteiger partial charge in [0.1, 0.15) is 47.0 Å². The van der Waals surface area contributed by atoms with Gasteiger partial charge in [-0.25, -0.2) is 13.2 Å². The summed E-state index contributed by atoms with van der Waals surface area (Å²) in [6.07, 6.45) is 0.583. The second-order valence-electron chi connectivity index (χ2n) is 8.66. The maximum Gasteiger partial charge on any atom is 0.135 e. The van der Waals surface area contributed by atoms with Crippen LogP contribution in [0.3, 0.4) is 0 Å². The lowest BCUT2D eigenvalue weighted by atomic mass is 9.87. The highest BCUT2D eigenvalue weighted by molar-refractivity contribution is 5.83. The van der Waals surface area contributed by atoms with Gasteiger partial charge in [0.2, 0.25) is 0 Å². The molecular formula is C24H26F3NO3. The predicted octanol–water partition coefficient (Wildman–Crippen LogP) is 5.17. The van der Waals surface area contributed by atoms with Crippen molar-refractivity contribution in [2.45, 2.75) is 44.9 Å². The van der Waals surface area contributed by atoms with Crippen LogP contribution in [0, 0.1) is 11.6 Å². The molecule has 166 valence electrons. The molecule has 4 rings (SSSR count). The summed E-state index contributed by atoms with van der Waals surface area (Å²) < 4.78 is 56.5. The molecule has 1 aliphatic heterocycles. The molecule has 3 aromatic rings. The van der Waals surface area contributed by atoms with Crippen molar-refractivity contribution in [3.63, 3.8) is 0 Å². The highest BCUT2D eigenvalue weighted by atomic mass is 19.1. The molecule has 0 bridgehead atoms. The molecular weight excluding hydrogens is 407 g/mol. The van der Waals surface area contributed by atoms with E-state index in [-0.39, 0.29) is 37.1 Å². The molecule has 0 amide bonds. The van der Waals surface area contributed by atoms with Gasteiger partial charge in [-0.15, -0.1) is 0 Å². The van der Waals surface area contributed by atoms with Crippen molar-refractivity contribution in [1.82, 2.24) is 4.90 Å². The first kappa shape index (κ1) is 21.7. The van der Waals surface area contributed by atoms with E-state index < -0.39 is 23.3 Å². The molecule has 31 heavy (non-hydrogen) atoms. The van der Waals surface area contributed by atoms with Gasteiger partial charge in [0.15, 0.2) is 0 Å². The van der Waals surface area contributed by atoms with Gasteiger partial charge in [0, 0.05) is 41.2 Å². The van der Waals surface area contributed by atoms with Crippen LogP contribution in [0.5, 0.6) is 5.75 Å². The fraction of sp³-hybridized carbons (Fsp3) is 0.417. The van der Waals surface area contributed by atoms with Gasteiger partial charge >= 0.3 is 0 Å². The number of furan rings is 1. The zero-order valence-corrected chi connectivity index (χ0v) is 17.8. The molecule has 4 nitrogen and oxygen atoms in total. The Morgan fingerprint density at radius 3 is 2.52 bits per heavy atom. The van der Waals surface area contributed by atoms with E-state index in [1.807, 2.05) is 31.2 Å². The largest absolute Gasteiger partial charge is 0.491 e. The van der Waals surface area contributed by atoms with Crippen LogP contribution in [0.1, 0.15) is 43.7 Å². The summed E-state index contributed by atoms with van der Waals surface area (Å²) in [5, 5.41) is 9.81. The summed E-state index contributed by atoms with van der Waals surface area (Å²) in [7, 11) is 0. The minimum Gasteiger partial charge on any atom is -0.491 e. The minimum atomic E-state index is -1.58. The second-order valence-corrected chi connectivity index (χ2v) is 8.66. The third-order valence-electron chi connectivity index (χ3n) is 5.62. The number of aliphatic hydroxyl groups is 1. The standard InChI is InChI=1S/C24H26F3NO3/c1-14-10-17-16-6-4-5-7-20(16)31-23(17)22(28(14)13-24(2,3)27)21-18(25)11-15(12-19(21)26)30-9-8-29/h4-7,11-12,14,22,29H,8-10,13H2,1-3H3. The molecule has 2 aromatic carbocycles. The number of ether oxygens (including phenoxy) is 1. The molecule has 2 atom stereocenters. The second kappa shape index (κ2) is 8.20. The zero-order chi connectivity index (χ0) is 22.3. The van der Waals surface area contributed by atoms with Crippen LogP contribution in [0.25, 0.3) is 11.0 Å². The molecule has 2 heterocycles. The topological polar surface area (TPSA) is 45.8 Å². The fourth-order valence-corrected chi connectivity index (χ4v) is 4.41. The first-order valence-corrected chi connectivity index (χ1v) is 10.4. The molecule has 1 aliphatic rings. The molecule has 0 saturated carbocycles.